The van der Waals surface area contributed by atoms with E-state index in [4.69, 9.17) is 16.3 Å². The van der Waals surface area contributed by atoms with E-state index in [0.29, 0.717) is 5.15 Å². The van der Waals surface area contributed by atoms with Gasteiger partial charge in [-0.2, -0.15) is 0 Å². The lowest BCUT2D eigenvalue weighted by atomic mass is 10.00. The van der Waals surface area contributed by atoms with Gasteiger partial charge in [-0.3, -0.25) is 9.88 Å². The number of fused-ring (bicyclic) bond motifs is 1. The first kappa shape index (κ1) is 21.6. The van der Waals surface area contributed by atoms with Crippen LogP contribution in [-0.2, 0) is 6.42 Å². The molecule has 31 heavy (non-hydrogen) atoms. The lowest BCUT2D eigenvalue weighted by molar-refractivity contribution is 0.183. The topological polar surface area (TPSA) is 50.3 Å². The molecule has 1 saturated heterocycles. The molecule has 0 amide bonds. The van der Waals surface area contributed by atoms with Gasteiger partial charge in [0.1, 0.15) is 17.5 Å². The average molecular weight is 437 g/mol. The minimum Gasteiger partial charge on any atom is -0.492 e. The lowest BCUT2D eigenvalue weighted by Gasteiger charge is -2.26. The number of hydrogen-bond donors (Lipinski definition) is 1. The number of halogens is 1. The molecule has 1 aliphatic rings. The highest BCUT2D eigenvalue weighted by Crippen LogP contribution is 2.24. The van der Waals surface area contributed by atoms with E-state index in [2.05, 4.69) is 44.5 Å². The molecule has 162 valence electrons. The van der Waals surface area contributed by atoms with Crippen molar-refractivity contribution in [2.24, 2.45) is 0 Å². The first-order valence-corrected chi connectivity index (χ1v) is 11.3. The average Bonchev–Trinajstić information content (AvgIpc) is 2.80. The maximum atomic E-state index is 6.06. The molecule has 3 aromatic rings. The molecule has 1 aliphatic heterocycles. The van der Waals surface area contributed by atoms with Crippen LogP contribution < -0.4 is 10.1 Å². The molecule has 0 bridgehead atoms. The van der Waals surface area contributed by atoms with Gasteiger partial charge in [-0.25, -0.2) is 4.98 Å². The number of rotatable bonds is 8. The minimum absolute atomic E-state index is 0.474. The molecule has 3 heterocycles. The highest BCUT2D eigenvalue weighted by Gasteiger charge is 2.10. The zero-order valence-electron chi connectivity index (χ0n) is 18.0. The van der Waals surface area contributed by atoms with Crippen LogP contribution in [0.3, 0.4) is 0 Å². The fraction of sp³-hybridized carbons (Fsp3) is 0.360. The maximum Gasteiger partial charge on any atom is 0.129 e. The van der Waals surface area contributed by atoms with Gasteiger partial charge in [0.15, 0.2) is 0 Å². The van der Waals surface area contributed by atoms with E-state index >= 15 is 0 Å². The summed E-state index contributed by atoms with van der Waals surface area (Å²) in [6.07, 6.45) is 8.67. The molecule has 6 heteroatoms. The summed E-state index contributed by atoms with van der Waals surface area (Å²) >= 11 is 6.06. The summed E-state index contributed by atoms with van der Waals surface area (Å²) in [6, 6.07) is 14.1. The van der Waals surface area contributed by atoms with E-state index in [9.17, 15) is 0 Å². The van der Waals surface area contributed by atoms with E-state index in [1.807, 2.05) is 31.6 Å². The van der Waals surface area contributed by atoms with Crippen LogP contribution in [0.2, 0.25) is 5.15 Å². The Kier molecular flexibility index (Phi) is 7.39. The summed E-state index contributed by atoms with van der Waals surface area (Å²) in [7, 11) is 1.91. The van der Waals surface area contributed by atoms with Gasteiger partial charge in [0.25, 0.3) is 0 Å². The number of aromatic nitrogens is 2. The third-order valence-electron chi connectivity index (χ3n) is 5.64. The second kappa shape index (κ2) is 10.6. The maximum absolute atomic E-state index is 6.06. The van der Waals surface area contributed by atoms with Crippen LogP contribution in [0.4, 0.5) is 0 Å². The summed E-state index contributed by atoms with van der Waals surface area (Å²) in [5.74, 6) is 0.922. The Bertz CT molecular complexity index is 1030. The van der Waals surface area contributed by atoms with Crippen molar-refractivity contribution in [3.05, 3.63) is 71.1 Å². The molecular formula is C25H29ClN4O. The number of piperidine rings is 1. The van der Waals surface area contributed by atoms with Gasteiger partial charge >= 0.3 is 0 Å². The van der Waals surface area contributed by atoms with Crippen LogP contribution in [0.5, 0.6) is 5.75 Å². The number of ether oxygens (including phenoxy) is 1. The second-order valence-electron chi connectivity index (χ2n) is 7.93. The van der Waals surface area contributed by atoms with E-state index in [1.165, 1.54) is 37.9 Å². The van der Waals surface area contributed by atoms with Crippen molar-refractivity contribution < 1.29 is 4.74 Å². The van der Waals surface area contributed by atoms with Crippen LogP contribution in [0, 0.1) is 0 Å². The lowest BCUT2D eigenvalue weighted by Crippen LogP contribution is -2.33. The SMILES string of the molecule is CN/C=C(\Cc1ccc(OCCN2CCCCC2)cc1)c1cnc2ccc(Cl)nc2c1. The number of benzene rings is 1. The highest BCUT2D eigenvalue weighted by molar-refractivity contribution is 6.29. The van der Waals surface area contributed by atoms with Crippen molar-refractivity contribution in [3.63, 3.8) is 0 Å². The fourth-order valence-electron chi connectivity index (χ4n) is 3.97. The standard InChI is InChI=1S/C25H29ClN4O/c1-27-17-20(21-16-24-23(28-18-21)9-10-25(26)29-24)15-19-5-7-22(8-6-19)31-14-13-30-11-3-2-4-12-30/h5-10,16-18,27H,2-4,11-15H2,1H3/b20-17+. The molecule has 1 fully saturated rings. The van der Waals surface area contributed by atoms with Crippen molar-refractivity contribution in [3.8, 4) is 5.75 Å². The van der Waals surface area contributed by atoms with Gasteiger partial charge in [-0.15, -0.1) is 0 Å². The van der Waals surface area contributed by atoms with Crippen LogP contribution in [0.15, 0.2) is 54.9 Å². The summed E-state index contributed by atoms with van der Waals surface area (Å²) in [5.41, 5.74) is 5.01. The Morgan fingerprint density at radius 3 is 2.68 bits per heavy atom. The Balaban J connectivity index is 1.39. The zero-order valence-corrected chi connectivity index (χ0v) is 18.7. The number of likely N-dealkylation sites (tertiary alicyclic amines) is 1. The van der Waals surface area contributed by atoms with Crippen LogP contribution in [-0.4, -0.2) is 48.2 Å². The van der Waals surface area contributed by atoms with Crippen LogP contribution in [0.1, 0.15) is 30.4 Å². The van der Waals surface area contributed by atoms with Gasteiger partial charge in [0.2, 0.25) is 0 Å². The van der Waals surface area contributed by atoms with E-state index < -0.39 is 0 Å². The molecule has 4 rings (SSSR count). The Morgan fingerprint density at radius 1 is 1.10 bits per heavy atom. The molecule has 0 aliphatic carbocycles. The number of allylic oxidation sites excluding steroid dienone is 1. The molecule has 2 aromatic heterocycles. The Labute approximate surface area is 189 Å². The molecule has 0 spiro atoms. The zero-order chi connectivity index (χ0) is 21.5. The molecule has 0 saturated carbocycles. The molecule has 1 N–H and O–H groups in total. The summed E-state index contributed by atoms with van der Waals surface area (Å²) in [6.45, 7) is 4.15. The number of hydrogen-bond acceptors (Lipinski definition) is 5. The normalized spacial score (nSPS) is 15.2. The molecule has 0 radical (unpaired) electrons. The van der Waals surface area contributed by atoms with E-state index in [1.54, 1.807) is 6.07 Å². The number of nitrogens with zero attached hydrogens (tertiary/aromatic N) is 3. The molecular weight excluding hydrogens is 408 g/mol. The van der Waals surface area contributed by atoms with Crippen molar-refractivity contribution >= 4 is 28.2 Å². The number of nitrogens with one attached hydrogen (secondary N) is 1. The van der Waals surface area contributed by atoms with Gasteiger partial charge in [0, 0.05) is 26.0 Å². The highest BCUT2D eigenvalue weighted by atomic mass is 35.5. The first-order valence-electron chi connectivity index (χ1n) is 10.9. The summed E-state index contributed by atoms with van der Waals surface area (Å²) < 4.78 is 5.96. The molecule has 1 aromatic carbocycles. The van der Waals surface area contributed by atoms with Crippen molar-refractivity contribution in [2.45, 2.75) is 25.7 Å². The van der Waals surface area contributed by atoms with Gasteiger partial charge in [-0.05, 0) is 79.4 Å². The van der Waals surface area contributed by atoms with Gasteiger partial charge < -0.3 is 10.1 Å². The van der Waals surface area contributed by atoms with E-state index in [0.717, 1.165) is 47.5 Å². The predicted molar refractivity (Wildman–Crippen MR) is 128 cm³/mol. The third-order valence-corrected chi connectivity index (χ3v) is 5.85. The second-order valence-corrected chi connectivity index (χ2v) is 8.31. The molecule has 5 nitrogen and oxygen atoms in total. The third kappa shape index (κ3) is 5.96. The summed E-state index contributed by atoms with van der Waals surface area (Å²) in [4.78, 5) is 11.4. The predicted octanol–water partition coefficient (Wildman–Crippen LogP) is 4.95. The van der Waals surface area contributed by atoms with Gasteiger partial charge in [0.05, 0.1) is 11.0 Å². The van der Waals surface area contributed by atoms with Crippen molar-refractivity contribution in [2.75, 3.05) is 33.3 Å². The van der Waals surface area contributed by atoms with Crippen LogP contribution in [0.25, 0.3) is 16.6 Å². The molecule has 0 atom stereocenters. The van der Waals surface area contributed by atoms with Crippen molar-refractivity contribution in [1.82, 2.24) is 20.2 Å². The number of pyridine rings is 2. The fourth-order valence-corrected chi connectivity index (χ4v) is 4.12. The van der Waals surface area contributed by atoms with Gasteiger partial charge in [-0.1, -0.05) is 30.2 Å². The summed E-state index contributed by atoms with van der Waals surface area (Å²) in [5, 5.41) is 3.62. The smallest absolute Gasteiger partial charge is 0.129 e. The Morgan fingerprint density at radius 2 is 1.90 bits per heavy atom. The first-order chi connectivity index (χ1) is 15.2. The minimum atomic E-state index is 0.474. The monoisotopic (exact) mass is 436 g/mol. The molecule has 0 unspecified atom stereocenters. The quantitative estimate of drug-likeness (QED) is 0.506. The van der Waals surface area contributed by atoms with Crippen molar-refractivity contribution in [1.29, 1.82) is 0 Å². The van der Waals surface area contributed by atoms with Crippen LogP contribution >= 0.6 is 11.6 Å². The largest absolute Gasteiger partial charge is 0.492 e. The van der Waals surface area contributed by atoms with E-state index in [-0.39, 0.29) is 0 Å². The Hall–Kier alpha value is -2.63.